The number of hydrogen-bond donors (Lipinski definition) is 1. The molecule has 0 amide bonds. The molecule has 9 heteroatoms. The summed E-state index contributed by atoms with van der Waals surface area (Å²) in [7, 11) is 1.62. The molecule has 0 unspecified atom stereocenters. The first-order chi connectivity index (χ1) is 15.0. The first-order valence-electron chi connectivity index (χ1n) is 10.0. The number of benzene rings is 1. The maximum atomic E-state index is 11.7. The molecular formula is C22H21N5O4. The van der Waals surface area contributed by atoms with Gasteiger partial charge >= 0.3 is 11.7 Å². The molecule has 4 heterocycles. The Morgan fingerprint density at radius 2 is 2.06 bits per heavy atom. The van der Waals surface area contributed by atoms with Crippen LogP contribution < -0.4 is 11.1 Å². The Labute approximate surface area is 177 Å². The van der Waals surface area contributed by atoms with E-state index in [9.17, 15) is 9.59 Å². The van der Waals surface area contributed by atoms with Crippen molar-refractivity contribution in [3.63, 3.8) is 0 Å². The molecule has 9 nitrogen and oxygen atoms in total. The normalized spacial score (nSPS) is 13.0. The second-order valence-corrected chi connectivity index (χ2v) is 7.59. The van der Waals surface area contributed by atoms with Crippen molar-refractivity contribution in [2.24, 2.45) is 7.05 Å². The molecule has 0 saturated heterocycles. The summed E-state index contributed by atoms with van der Waals surface area (Å²) < 4.78 is 13.3. The largest absolute Gasteiger partial charge is 0.457 e. The van der Waals surface area contributed by atoms with Gasteiger partial charge in [-0.1, -0.05) is 6.07 Å². The zero-order valence-electron chi connectivity index (χ0n) is 17.2. The highest BCUT2D eigenvalue weighted by Gasteiger charge is 2.23. The standard InChI is InChI=1S/C22H21N5O4/c1-13-15(3-4-16-17(13)12-30-21(16)28)7-8-23-9-14-10-24-27(11-14)19-6-5-18-20(25-19)26(2)22(29)31-18/h3-6,10-11,23H,7-9,12H2,1-2H3. The summed E-state index contributed by atoms with van der Waals surface area (Å²) in [5, 5.41) is 7.81. The first kappa shape index (κ1) is 19.3. The second kappa shape index (κ2) is 7.51. The molecule has 5 rings (SSSR count). The number of rotatable bonds is 6. The molecule has 0 radical (unpaired) electrons. The maximum Gasteiger partial charge on any atom is 0.420 e. The highest BCUT2D eigenvalue weighted by Crippen LogP contribution is 2.26. The number of fused-ring (bicyclic) bond motifs is 2. The zero-order chi connectivity index (χ0) is 21.5. The minimum atomic E-state index is -0.442. The molecule has 1 aliphatic rings. The van der Waals surface area contributed by atoms with Crippen molar-refractivity contribution in [2.75, 3.05) is 6.54 Å². The van der Waals surface area contributed by atoms with Crippen LogP contribution in [-0.2, 0) is 31.4 Å². The van der Waals surface area contributed by atoms with E-state index in [1.165, 1.54) is 10.1 Å². The number of ether oxygens (including phenoxy) is 1. The molecular weight excluding hydrogens is 398 g/mol. The Bertz CT molecular complexity index is 1360. The van der Waals surface area contributed by atoms with E-state index >= 15 is 0 Å². The summed E-state index contributed by atoms with van der Waals surface area (Å²) in [6.07, 6.45) is 4.55. The van der Waals surface area contributed by atoms with Crippen LogP contribution in [0.5, 0.6) is 0 Å². The lowest BCUT2D eigenvalue weighted by molar-refractivity contribution is 0.0535. The van der Waals surface area contributed by atoms with Gasteiger partial charge in [0.15, 0.2) is 17.0 Å². The van der Waals surface area contributed by atoms with Gasteiger partial charge in [0.1, 0.15) is 6.61 Å². The van der Waals surface area contributed by atoms with Gasteiger partial charge in [0.25, 0.3) is 0 Å². The van der Waals surface area contributed by atoms with Crippen molar-refractivity contribution in [1.82, 2.24) is 24.6 Å². The van der Waals surface area contributed by atoms with Crippen LogP contribution in [0.15, 0.2) is 45.9 Å². The molecule has 1 N–H and O–H groups in total. The number of nitrogens with one attached hydrogen (secondary N) is 1. The van der Waals surface area contributed by atoms with Gasteiger partial charge in [0.2, 0.25) is 0 Å². The fraction of sp³-hybridized carbons (Fsp3) is 0.273. The molecule has 0 bridgehead atoms. The SMILES string of the molecule is Cc1c(CCNCc2cnn(-c3ccc4oc(=O)n(C)c4n3)c2)ccc2c1COC2=O. The summed E-state index contributed by atoms with van der Waals surface area (Å²) in [5.74, 6) is -0.0631. The molecule has 158 valence electrons. The van der Waals surface area contributed by atoms with E-state index in [0.717, 1.165) is 29.7 Å². The van der Waals surface area contributed by atoms with Gasteiger partial charge in [-0.05, 0) is 49.2 Å². The number of aryl methyl sites for hydroxylation is 1. The van der Waals surface area contributed by atoms with Gasteiger partial charge in [-0.3, -0.25) is 4.57 Å². The minimum absolute atomic E-state index is 0.233. The molecule has 0 atom stereocenters. The smallest absolute Gasteiger partial charge is 0.420 e. The minimum Gasteiger partial charge on any atom is -0.457 e. The summed E-state index contributed by atoms with van der Waals surface area (Å²) in [4.78, 5) is 27.8. The van der Waals surface area contributed by atoms with Crippen LogP contribution in [0.2, 0.25) is 0 Å². The summed E-state index contributed by atoms with van der Waals surface area (Å²) >= 11 is 0. The number of carbonyl (C=O) groups is 1. The van der Waals surface area contributed by atoms with Crippen LogP contribution in [0.1, 0.15) is 32.6 Å². The summed E-state index contributed by atoms with van der Waals surface area (Å²) in [6.45, 7) is 3.87. The van der Waals surface area contributed by atoms with Crippen molar-refractivity contribution < 1.29 is 13.9 Å². The van der Waals surface area contributed by atoms with Crippen LogP contribution in [0, 0.1) is 6.92 Å². The van der Waals surface area contributed by atoms with Crippen LogP contribution >= 0.6 is 0 Å². The zero-order valence-corrected chi connectivity index (χ0v) is 17.2. The average Bonchev–Trinajstić information content (AvgIpc) is 3.46. The molecule has 1 aromatic carbocycles. The lowest BCUT2D eigenvalue weighted by atomic mass is 9.97. The van der Waals surface area contributed by atoms with Crippen molar-refractivity contribution in [3.8, 4) is 5.82 Å². The Hall–Kier alpha value is -3.72. The molecule has 3 aromatic heterocycles. The molecule has 0 aliphatic carbocycles. The predicted octanol–water partition coefficient (Wildman–Crippen LogP) is 2.02. The fourth-order valence-corrected chi connectivity index (χ4v) is 3.82. The fourth-order valence-electron chi connectivity index (χ4n) is 3.82. The second-order valence-electron chi connectivity index (χ2n) is 7.59. The van der Waals surface area contributed by atoms with Gasteiger partial charge < -0.3 is 14.5 Å². The van der Waals surface area contributed by atoms with Crippen LogP contribution in [0.25, 0.3) is 17.0 Å². The lowest BCUT2D eigenvalue weighted by Crippen LogP contribution is -2.17. The predicted molar refractivity (Wildman–Crippen MR) is 112 cm³/mol. The Morgan fingerprint density at radius 3 is 2.94 bits per heavy atom. The van der Waals surface area contributed by atoms with E-state index in [4.69, 9.17) is 9.15 Å². The molecule has 0 fully saturated rings. The highest BCUT2D eigenvalue weighted by molar-refractivity contribution is 5.93. The van der Waals surface area contributed by atoms with Gasteiger partial charge in [-0.2, -0.15) is 5.10 Å². The van der Waals surface area contributed by atoms with Crippen molar-refractivity contribution in [3.05, 3.63) is 75.0 Å². The van der Waals surface area contributed by atoms with Gasteiger partial charge in [-0.25, -0.2) is 19.3 Å². The molecule has 1 aliphatic heterocycles. The quantitative estimate of drug-likeness (QED) is 0.377. The van der Waals surface area contributed by atoms with Crippen LogP contribution in [0.4, 0.5) is 0 Å². The maximum absolute atomic E-state index is 11.7. The molecule has 0 saturated carbocycles. The van der Waals surface area contributed by atoms with Crippen molar-refractivity contribution in [2.45, 2.75) is 26.5 Å². The van der Waals surface area contributed by atoms with E-state index < -0.39 is 5.76 Å². The number of carbonyl (C=O) groups excluding carboxylic acids is 1. The number of oxazole rings is 1. The number of nitrogens with zero attached hydrogens (tertiary/aromatic N) is 4. The third kappa shape index (κ3) is 3.42. The van der Waals surface area contributed by atoms with E-state index in [1.54, 1.807) is 30.1 Å². The number of cyclic esters (lactones) is 1. The van der Waals surface area contributed by atoms with Gasteiger partial charge in [0, 0.05) is 30.9 Å². The lowest BCUT2D eigenvalue weighted by Gasteiger charge is -2.09. The third-order valence-electron chi connectivity index (χ3n) is 5.66. The molecule has 31 heavy (non-hydrogen) atoms. The van der Waals surface area contributed by atoms with Gasteiger partial charge in [0.05, 0.1) is 11.8 Å². The first-order valence-corrected chi connectivity index (χ1v) is 10.0. The Morgan fingerprint density at radius 1 is 1.19 bits per heavy atom. The monoisotopic (exact) mass is 419 g/mol. The molecule has 4 aromatic rings. The number of hydrogen-bond acceptors (Lipinski definition) is 7. The number of pyridine rings is 1. The number of aromatic nitrogens is 4. The van der Waals surface area contributed by atoms with E-state index in [1.807, 2.05) is 25.3 Å². The summed E-state index contributed by atoms with van der Waals surface area (Å²) in [6, 6.07) is 7.35. The van der Waals surface area contributed by atoms with E-state index in [0.29, 0.717) is 35.8 Å². The van der Waals surface area contributed by atoms with Crippen LogP contribution in [0.3, 0.4) is 0 Å². The van der Waals surface area contributed by atoms with Crippen LogP contribution in [-0.4, -0.2) is 31.8 Å². The van der Waals surface area contributed by atoms with Crippen molar-refractivity contribution in [1.29, 1.82) is 0 Å². The number of esters is 1. The third-order valence-corrected chi connectivity index (χ3v) is 5.66. The Kier molecular flexibility index (Phi) is 4.67. The topological polar surface area (TPSA) is 104 Å². The Balaban J connectivity index is 1.22. The van der Waals surface area contributed by atoms with Gasteiger partial charge in [-0.15, -0.1) is 0 Å². The van der Waals surface area contributed by atoms with E-state index in [2.05, 4.69) is 15.4 Å². The van der Waals surface area contributed by atoms with Crippen molar-refractivity contribution >= 4 is 17.2 Å². The van der Waals surface area contributed by atoms with E-state index in [-0.39, 0.29) is 5.97 Å². The average molecular weight is 419 g/mol. The highest BCUT2D eigenvalue weighted by atomic mass is 16.5. The summed E-state index contributed by atoms with van der Waals surface area (Å²) in [5.41, 5.74) is 5.98. The molecule has 0 spiro atoms.